The number of anilines is 1. The number of aromatic nitrogens is 2. The van der Waals surface area contributed by atoms with Crippen molar-refractivity contribution < 1.29 is 23.9 Å². The lowest BCUT2D eigenvalue weighted by atomic mass is 9.76. The number of carbonyl (C=O) groups is 3. The minimum Gasteiger partial charge on any atom is -0.493 e. The predicted molar refractivity (Wildman–Crippen MR) is 161 cm³/mol. The molecule has 0 fully saturated rings. The third-order valence-electron chi connectivity index (χ3n) is 7.59. The molecular weight excluding hydrogens is 552 g/mol. The SMILES string of the molecule is COc1ccc(C(=O)NCCc2c(C(c3ccccc3)C3C(=O)Nc4sncc4C3=O)[nH]c3ccccc23)cc1OC. The van der Waals surface area contributed by atoms with Crippen LogP contribution >= 0.6 is 11.5 Å². The van der Waals surface area contributed by atoms with E-state index in [9.17, 15) is 14.4 Å². The fraction of sp³-hybridized carbons (Fsp3) is 0.188. The van der Waals surface area contributed by atoms with Crippen LogP contribution in [0.4, 0.5) is 5.00 Å². The van der Waals surface area contributed by atoms with E-state index in [4.69, 9.17) is 9.47 Å². The van der Waals surface area contributed by atoms with Crippen LogP contribution in [0.2, 0.25) is 0 Å². The predicted octanol–water partition coefficient (Wildman–Crippen LogP) is 5.20. The van der Waals surface area contributed by atoms with E-state index in [1.54, 1.807) is 25.3 Å². The first kappa shape index (κ1) is 27.2. The minimum atomic E-state index is -0.996. The van der Waals surface area contributed by atoms with Gasteiger partial charge in [-0.3, -0.25) is 14.4 Å². The van der Waals surface area contributed by atoms with E-state index in [1.165, 1.54) is 13.3 Å². The number of para-hydroxylation sites is 1. The third kappa shape index (κ3) is 4.90. The molecule has 3 N–H and O–H groups in total. The third-order valence-corrected chi connectivity index (χ3v) is 8.31. The molecule has 2 amide bonds. The summed E-state index contributed by atoms with van der Waals surface area (Å²) in [5, 5.41) is 7.34. The quantitative estimate of drug-likeness (QED) is 0.206. The highest BCUT2D eigenvalue weighted by Gasteiger charge is 2.43. The molecule has 3 aromatic carbocycles. The summed E-state index contributed by atoms with van der Waals surface area (Å²) in [6.45, 7) is 0.326. The number of rotatable bonds is 9. The van der Waals surface area contributed by atoms with E-state index in [0.717, 1.165) is 39.3 Å². The molecule has 1 aliphatic rings. The summed E-state index contributed by atoms with van der Waals surface area (Å²) >= 11 is 1.10. The average molecular weight is 581 g/mol. The smallest absolute Gasteiger partial charge is 0.251 e. The van der Waals surface area contributed by atoms with Gasteiger partial charge < -0.3 is 25.1 Å². The molecule has 212 valence electrons. The molecule has 2 unspecified atom stereocenters. The zero-order valence-corrected chi connectivity index (χ0v) is 23.8. The van der Waals surface area contributed by atoms with E-state index in [-0.39, 0.29) is 17.6 Å². The van der Waals surface area contributed by atoms with Gasteiger partial charge >= 0.3 is 0 Å². The van der Waals surface area contributed by atoms with E-state index in [1.807, 2.05) is 54.6 Å². The van der Waals surface area contributed by atoms with Crippen molar-refractivity contribution in [3.8, 4) is 11.5 Å². The van der Waals surface area contributed by atoms with Gasteiger partial charge in [-0.25, -0.2) is 0 Å². The second kappa shape index (κ2) is 11.5. The molecule has 1 aliphatic heterocycles. The number of carbonyl (C=O) groups excluding carboxylic acids is 3. The van der Waals surface area contributed by atoms with Crippen LogP contribution in [0.25, 0.3) is 10.9 Å². The molecular formula is C32H28N4O5S. The molecule has 0 bridgehead atoms. The van der Waals surface area contributed by atoms with Gasteiger partial charge in [-0.1, -0.05) is 48.5 Å². The number of aromatic amines is 1. The van der Waals surface area contributed by atoms with Gasteiger partial charge in [0.15, 0.2) is 17.3 Å². The summed E-state index contributed by atoms with van der Waals surface area (Å²) in [5.74, 6) is -1.46. The molecule has 0 saturated heterocycles. The first-order valence-electron chi connectivity index (χ1n) is 13.4. The largest absolute Gasteiger partial charge is 0.493 e. The number of ketones is 1. The minimum absolute atomic E-state index is 0.253. The van der Waals surface area contributed by atoms with Crippen molar-refractivity contribution in [2.45, 2.75) is 12.3 Å². The molecule has 9 nitrogen and oxygen atoms in total. The highest BCUT2D eigenvalue weighted by molar-refractivity contribution is 7.11. The van der Waals surface area contributed by atoms with Gasteiger partial charge in [0.1, 0.15) is 10.9 Å². The van der Waals surface area contributed by atoms with Gasteiger partial charge in [-0.2, -0.15) is 4.37 Å². The number of H-pyrrole nitrogens is 1. The Hall–Kier alpha value is -4.96. The Bertz CT molecular complexity index is 1800. The van der Waals surface area contributed by atoms with E-state index < -0.39 is 11.8 Å². The summed E-state index contributed by atoms with van der Waals surface area (Å²) in [5.41, 5.74) is 4.28. The number of hydrogen-bond donors (Lipinski definition) is 3. The Morgan fingerprint density at radius 2 is 1.76 bits per heavy atom. The lowest BCUT2D eigenvalue weighted by molar-refractivity contribution is -0.119. The van der Waals surface area contributed by atoms with E-state index in [0.29, 0.717) is 40.6 Å². The van der Waals surface area contributed by atoms with Crippen molar-refractivity contribution in [3.05, 3.63) is 107 Å². The van der Waals surface area contributed by atoms with Crippen LogP contribution in [0.1, 0.15) is 43.5 Å². The van der Waals surface area contributed by atoms with Crippen molar-refractivity contribution in [2.24, 2.45) is 5.92 Å². The maximum atomic E-state index is 13.8. The fourth-order valence-corrected chi connectivity index (χ4v) is 6.27. The summed E-state index contributed by atoms with van der Waals surface area (Å²) in [6, 6.07) is 22.4. The number of nitrogens with zero attached hydrogens (tertiary/aromatic N) is 1. The van der Waals surface area contributed by atoms with Crippen molar-refractivity contribution in [1.29, 1.82) is 0 Å². The normalized spacial score (nSPS) is 15.1. The Morgan fingerprint density at radius 1 is 1.00 bits per heavy atom. The number of ether oxygens (including phenoxy) is 2. The lowest BCUT2D eigenvalue weighted by Crippen LogP contribution is -2.39. The average Bonchev–Trinajstić information content (AvgIpc) is 3.64. The molecule has 6 rings (SSSR count). The molecule has 0 spiro atoms. The molecule has 0 radical (unpaired) electrons. The highest BCUT2D eigenvalue weighted by atomic mass is 32.1. The van der Waals surface area contributed by atoms with E-state index >= 15 is 0 Å². The number of methoxy groups -OCH3 is 2. The van der Waals surface area contributed by atoms with Gasteiger partial charge in [-0.15, -0.1) is 0 Å². The Labute approximate surface area is 246 Å². The molecule has 5 aromatic rings. The second-order valence-electron chi connectivity index (χ2n) is 9.93. The van der Waals surface area contributed by atoms with E-state index in [2.05, 4.69) is 20.0 Å². The zero-order valence-electron chi connectivity index (χ0n) is 23.0. The van der Waals surface area contributed by atoms with Crippen LogP contribution in [0.5, 0.6) is 11.5 Å². The molecule has 0 saturated carbocycles. The molecule has 2 aromatic heterocycles. The summed E-state index contributed by atoms with van der Waals surface area (Å²) in [7, 11) is 3.06. The van der Waals surface area contributed by atoms with Crippen molar-refractivity contribution in [2.75, 3.05) is 26.1 Å². The van der Waals surface area contributed by atoms with Crippen molar-refractivity contribution in [3.63, 3.8) is 0 Å². The highest BCUT2D eigenvalue weighted by Crippen LogP contribution is 2.42. The fourth-order valence-electron chi connectivity index (χ4n) is 5.61. The Kier molecular flexibility index (Phi) is 7.45. The molecule has 3 heterocycles. The number of nitrogens with one attached hydrogen (secondary N) is 3. The number of hydrogen-bond acceptors (Lipinski definition) is 7. The van der Waals surface area contributed by atoms with Crippen LogP contribution < -0.4 is 20.1 Å². The van der Waals surface area contributed by atoms with Crippen LogP contribution in [0, 0.1) is 5.92 Å². The van der Waals surface area contributed by atoms with Crippen LogP contribution in [-0.4, -0.2) is 47.7 Å². The summed E-state index contributed by atoms with van der Waals surface area (Å²) < 4.78 is 14.7. The Balaban J connectivity index is 1.36. The Morgan fingerprint density at radius 3 is 2.55 bits per heavy atom. The second-order valence-corrected chi connectivity index (χ2v) is 10.7. The number of fused-ring (bicyclic) bond motifs is 2. The number of amides is 2. The zero-order chi connectivity index (χ0) is 29.2. The topological polar surface area (TPSA) is 122 Å². The monoisotopic (exact) mass is 580 g/mol. The molecule has 42 heavy (non-hydrogen) atoms. The van der Waals surface area contributed by atoms with Gasteiger partial charge in [0, 0.05) is 34.6 Å². The number of benzene rings is 3. The molecule has 10 heteroatoms. The van der Waals surface area contributed by atoms with Crippen molar-refractivity contribution in [1.82, 2.24) is 14.7 Å². The van der Waals surface area contributed by atoms with Crippen LogP contribution in [-0.2, 0) is 11.2 Å². The molecule has 2 atom stereocenters. The standard InChI is InChI=1S/C32H28N4O5S/c1-40-24-13-12-19(16-25(24)41-2)30(38)33-15-14-21-20-10-6-7-11-23(20)35-28(21)26(18-8-4-3-5-9-18)27-29(37)22-17-34-42-32(22)36-31(27)39/h3-13,16-17,26-27,35H,14-15H2,1-2H3,(H,33,38)(H,36,39). The lowest BCUT2D eigenvalue weighted by Gasteiger charge is -2.29. The van der Waals surface area contributed by atoms with Gasteiger partial charge in [0.05, 0.1) is 26.0 Å². The summed E-state index contributed by atoms with van der Waals surface area (Å²) in [6.07, 6.45) is 1.99. The van der Waals surface area contributed by atoms with Crippen LogP contribution in [0.3, 0.4) is 0 Å². The van der Waals surface area contributed by atoms with Crippen molar-refractivity contribution >= 4 is 45.0 Å². The maximum absolute atomic E-state index is 13.8. The number of Topliss-reactive ketones (excluding diaryl/α,β-unsaturated/α-hetero) is 1. The maximum Gasteiger partial charge on any atom is 0.251 e. The molecule has 0 aliphatic carbocycles. The van der Waals surface area contributed by atoms with Gasteiger partial charge in [0.25, 0.3) is 5.91 Å². The van der Waals surface area contributed by atoms with Crippen LogP contribution in [0.15, 0.2) is 79.0 Å². The first-order valence-corrected chi connectivity index (χ1v) is 14.2. The first-order chi connectivity index (χ1) is 20.5. The summed E-state index contributed by atoms with van der Waals surface area (Å²) in [4.78, 5) is 43.9. The van der Waals surface area contributed by atoms with Gasteiger partial charge in [-0.05, 0) is 53.3 Å². The van der Waals surface area contributed by atoms with Gasteiger partial charge in [0.2, 0.25) is 5.91 Å².